The number of rotatable bonds is 8. The molecule has 3 rings (SSSR count). The lowest BCUT2D eigenvalue weighted by Gasteiger charge is -2.38. The molecule has 0 bridgehead atoms. The zero-order valence-corrected chi connectivity index (χ0v) is 18.6. The third-order valence-electron chi connectivity index (χ3n) is 6.63. The number of hydrogen-bond donors (Lipinski definition) is 2. The summed E-state index contributed by atoms with van der Waals surface area (Å²) in [5, 5.41) is 4.05. The lowest BCUT2D eigenvalue weighted by Crippen LogP contribution is -2.47. The number of nitrogens with zero attached hydrogens (tertiary/aromatic N) is 2. The Bertz CT molecular complexity index is 652. The van der Waals surface area contributed by atoms with Gasteiger partial charge in [0, 0.05) is 49.4 Å². The highest BCUT2D eigenvalue weighted by atomic mass is 35.5. The summed E-state index contributed by atoms with van der Waals surface area (Å²) in [7, 11) is 0. The van der Waals surface area contributed by atoms with Gasteiger partial charge >= 0.3 is 0 Å². The van der Waals surface area contributed by atoms with Crippen molar-refractivity contribution in [3.05, 3.63) is 28.8 Å². The van der Waals surface area contributed by atoms with E-state index in [1.807, 2.05) is 12.1 Å². The molecule has 1 saturated carbocycles. The van der Waals surface area contributed by atoms with Crippen LogP contribution in [0.4, 0.5) is 5.69 Å². The van der Waals surface area contributed by atoms with Gasteiger partial charge in [0.05, 0.1) is 0 Å². The SMILES string of the molecule is Cc1c(Cl)cccc1N1CCN(CC[C@H]2CC[C@H](NC(=O)CCCN)CC2)CC1. The Hall–Kier alpha value is -1.30. The van der Waals surface area contributed by atoms with Crippen molar-refractivity contribution in [2.45, 2.75) is 57.9 Å². The minimum atomic E-state index is 0.173. The number of anilines is 1. The number of nitrogens with one attached hydrogen (secondary N) is 1. The van der Waals surface area contributed by atoms with E-state index in [4.69, 9.17) is 17.3 Å². The van der Waals surface area contributed by atoms with Crippen molar-refractivity contribution in [1.82, 2.24) is 10.2 Å². The summed E-state index contributed by atoms with van der Waals surface area (Å²) < 4.78 is 0. The number of hydrogen-bond acceptors (Lipinski definition) is 4. The number of amides is 1. The highest BCUT2D eigenvalue weighted by molar-refractivity contribution is 6.31. The lowest BCUT2D eigenvalue weighted by molar-refractivity contribution is -0.122. The van der Waals surface area contributed by atoms with Gasteiger partial charge in [-0.05, 0) is 82.2 Å². The highest BCUT2D eigenvalue weighted by Crippen LogP contribution is 2.29. The Kier molecular flexibility index (Phi) is 8.64. The number of nitrogens with two attached hydrogens (primary N) is 1. The molecule has 2 fully saturated rings. The van der Waals surface area contributed by atoms with Crippen LogP contribution in [-0.2, 0) is 4.79 Å². The first-order valence-corrected chi connectivity index (χ1v) is 11.7. The second-order valence-corrected chi connectivity index (χ2v) is 9.09. The van der Waals surface area contributed by atoms with Crippen LogP contribution in [0, 0.1) is 12.8 Å². The molecule has 3 N–H and O–H groups in total. The monoisotopic (exact) mass is 420 g/mol. The van der Waals surface area contributed by atoms with Gasteiger partial charge in [-0.3, -0.25) is 9.69 Å². The predicted molar refractivity (Wildman–Crippen MR) is 122 cm³/mol. The fourth-order valence-electron chi connectivity index (χ4n) is 4.67. The molecule has 0 unspecified atom stereocenters. The summed E-state index contributed by atoms with van der Waals surface area (Å²) in [5.41, 5.74) is 7.95. The van der Waals surface area contributed by atoms with Crippen molar-refractivity contribution in [3.63, 3.8) is 0 Å². The zero-order chi connectivity index (χ0) is 20.6. The fourth-order valence-corrected chi connectivity index (χ4v) is 4.84. The normalized spacial score (nSPS) is 23.2. The molecule has 6 heteroatoms. The second kappa shape index (κ2) is 11.2. The molecule has 1 aliphatic carbocycles. The Morgan fingerprint density at radius 1 is 1.17 bits per heavy atom. The van der Waals surface area contributed by atoms with Crippen LogP contribution in [0.3, 0.4) is 0 Å². The van der Waals surface area contributed by atoms with Crippen molar-refractivity contribution < 1.29 is 4.79 Å². The topological polar surface area (TPSA) is 61.6 Å². The van der Waals surface area contributed by atoms with Crippen molar-refractivity contribution in [2.75, 3.05) is 44.2 Å². The summed E-state index contributed by atoms with van der Waals surface area (Å²) >= 11 is 6.29. The number of carbonyl (C=O) groups excluding carboxylic acids is 1. The molecule has 1 heterocycles. The molecule has 2 aliphatic rings. The van der Waals surface area contributed by atoms with Crippen LogP contribution in [0.5, 0.6) is 0 Å². The van der Waals surface area contributed by atoms with Gasteiger partial charge in [0.25, 0.3) is 0 Å². The van der Waals surface area contributed by atoms with E-state index in [1.54, 1.807) is 0 Å². The van der Waals surface area contributed by atoms with Gasteiger partial charge in [0.15, 0.2) is 0 Å². The molecule has 1 amide bonds. The Morgan fingerprint density at radius 3 is 2.59 bits per heavy atom. The summed E-state index contributed by atoms with van der Waals surface area (Å²) in [6, 6.07) is 6.58. The second-order valence-electron chi connectivity index (χ2n) is 8.68. The van der Waals surface area contributed by atoms with Crippen LogP contribution in [0.15, 0.2) is 18.2 Å². The molecule has 1 aliphatic heterocycles. The van der Waals surface area contributed by atoms with Gasteiger partial charge in [-0.15, -0.1) is 0 Å². The van der Waals surface area contributed by atoms with E-state index >= 15 is 0 Å². The maximum absolute atomic E-state index is 11.9. The molecule has 0 atom stereocenters. The van der Waals surface area contributed by atoms with Gasteiger partial charge in [0.2, 0.25) is 5.91 Å². The van der Waals surface area contributed by atoms with Crippen LogP contribution in [0.25, 0.3) is 0 Å². The lowest BCUT2D eigenvalue weighted by atomic mass is 9.84. The Labute approximate surface area is 180 Å². The molecule has 1 aromatic carbocycles. The van der Waals surface area contributed by atoms with Crippen LogP contribution in [-0.4, -0.2) is 56.1 Å². The number of piperazine rings is 1. The van der Waals surface area contributed by atoms with Crippen LogP contribution in [0.1, 0.15) is 50.5 Å². The average molecular weight is 421 g/mol. The largest absolute Gasteiger partial charge is 0.369 e. The van der Waals surface area contributed by atoms with Crippen LogP contribution < -0.4 is 16.0 Å². The summed E-state index contributed by atoms with van der Waals surface area (Å²) in [4.78, 5) is 16.9. The molecule has 0 spiro atoms. The first kappa shape index (κ1) is 22.4. The average Bonchev–Trinajstić information content (AvgIpc) is 2.74. The predicted octanol–water partition coefficient (Wildman–Crippen LogP) is 3.57. The number of carbonyl (C=O) groups is 1. The Morgan fingerprint density at radius 2 is 1.90 bits per heavy atom. The first-order chi connectivity index (χ1) is 14.1. The van der Waals surface area contributed by atoms with Crippen molar-refractivity contribution in [3.8, 4) is 0 Å². The summed E-state index contributed by atoms with van der Waals surface area (Å²) in [6.07, 6.45) is 7.36. The third-order valence-corrected chi connectivity index (χ3v) is 7.03. The molecule has 162 valence electrons. The van der Waals surface area contributed by atoms with Gasteiger partial charge in [0.1, 0.15) is 0 Å². The van der Waals surface area contributed by atoms with Crippen LogP contribution in [0.2, 0.25) is 5.02 Å². The molecule has 29 heavy (non-hydrogen) atoms. The van der Waals surface area contributed by atoms with Crippen molar-refractivity contribution in [1.29, 1.82) is 0 Å². The molecule has 1 aromatic rings. The molecule has 1 saturated heterocycles. The van der Waals surface area contributed by atoms with Gasteiger partial charge in [-0.25, -0.2) is 0 Å². The minimum absolute atomic E-state index is 0.173. The Balaban J connectivity index is 1.33. The van der Waals surface area contributed by atoms with Gasteiger partial charge < -0.3 is 16.0 Å². The van der Waals surface area contributed by atoms with Crippen molar-refractivity contribution >= 4 is 23.2 Å². The highest BCUT2D eigenvalue weighted by Gasteiger charge is 2.24. The molecular weight excluding hydrogens is 384 g/mol. The summed E-state index contributed by atoms with van der Waals surface area (Å²) in [5.74, 6) is 0.979. The zero-order valence-electron chi connectivity index (χ0n) is 17.8. The maximum atomic E-state index is 11.9. The van der Waals surface area contributed by atoms with E-state index in [0.29, 0.717) is 19.0 Å². The van der Waals surface area contributed by atoms with E-state index in [2.05, 4.69) is 28.1 Å². The van der Waals surface area contributed by atoms with Gasteiger partial charge in [-0.2, -0.15) is 0 Å². The number of benzene rings is 1. The summed E-state index contributed by atoms with van der Waals surface area (Å²) in [6.45, 7) is 8.29. The molecule has 0 radical (unpaired) electrons. The van der Waals surface area contributed by atoms with E-state index < -0.39 is 0 Å². The molecule has 5 nitrogen and oxygen atoms in total. The van der Waals surface area contributed by atoms with E-state index in [-0.39, 0.29) is 5.91 Å². The van der Waals surface area contributed by atoms with Crippen LogP contribution >= 0.6 is 11.6 Å². The smallest absolute Gasteiger partial charge is 0.220 e. The first-order valence-electron chi connectivity index (χ1n) is 11.3. The van der Waals surface area contributed by atoms with Gasteiger partial charge in [-0.1, -0.05) is 17.7 Å². The minimum Gasteiger partial charge on any atom is -0.369 e. The third kappa shape index (κ3) is 6.59. The quantitative estimate of drug-likeness (QED) is 0.674. The van der Waals surface area contributed by atoms with Crippen molar-refractivity contribution in [2.24, 2.45) is 11.7 Å². The maximum Gasteiger partial charge on any atom is 0.220 e. The van der Waals surface area contributed by atoms with E-state index in [1.165, 1.54) is 37.1 Å². The molecular formula is C23H37ClN4O. The molecule has 0 aromatic heterocycles. The fraction of sp³-hybridized carbons (Fsp3) is 0.696. The van der Waals surface area contributed by atoms with E-state index in [0.717, 1.165) is 56.4 Å². The number of halogens is 1. The van der Waals surface area contributed by atoms with E-state index in [9.17, 15) is 4.79 Å². The standard InChI is InChI=1S/C23H37ClN4O/c1-18-21(24)4-2-5-22(18)28-16-14-27(15-17-28)13-11-19-7-9-20(10-8-19)26-23(29)6-3-12-25/h2,4-5,19-20H,3,6-17,25H2,1H3,(H,26,29)/t19-,20-.